The minimum atomic E-state index is 0.105. The Morgan fingerprint density at radius 2 is 1.84 bits per heavy atom. The Morgan fingerprint density at radius 1 is 1.14 bits per heavy atom. The quantitative estimate of drug-likeness (QED) is 0.452. The molecule has 2 aromatic carbocycles. The first kappa shape index (κ1) is 25.0. The van der Waals surface area contributed by atoms with E-state index in [-0.39, 0.29) is 17.4 Å². The molecule has 2 aliphatic rings. The molecule has 0 unspecified atom stereocenters. The van der Waals surface area contributed by atoms with E-state index in [1.54, 1.807) is 6.08 Å². The molecule has 2 fully saturated rings. The van der Waals surface area contributed by atoms with Gasteiger partial charge in [0.05, 0.1) is 11.7 Å². The molecule has 1 saturated heterocycles. The summed E-state index contributed by atoms with van der Waals surface area (Å²) in [5.41, 5.74) is 15.5. The minimum Gasteiger partial charge on any atom is -0.457 e. The van der Waals surface area contributed by atoms with Crippen molar-refractivity contribution in [3.05, 3.63) is 72.3 Å². The van der Waals surface area contributed by atoms with Crippen molar-refractivity contribution < 1.29 is 9.53 Å². The van der Waals surface area contributed by atoms with E-state index in [1.165, 1.54) is 0 Å². The van der Waals surface area contributed by atoms with Crippen molar-refractivity contribution in [2.45, 2.75) is 31.8 Å². The highest BCUT2D eigenvalue weighted by Gasteiger charge is 2.50. The van der Waals surface area contributed by atoms with Gasteiger partial charge >= 0.3 is 0 Å². The number of carbonyl (C=O) groups excluding carboxylic acids is 1. The van der Waals surface area contributed by atoms with Crippen LogP contribution in [-0.2, 0) is 11.3 Å². The minimum absolute atomic E-state index is 0.105. The first-order valence-corrected chi connectivity index (χ1v) is 12.9. The summed E-state index contributed by atoms with van der Waals surface area (Å²) >= 11 is 0. The number of nitrogen functional groups attached to an aromatic ring is 1. The molecule has 8 nitrogen and oxygen atoms in total. The van der Waals surface area contributed by atoms with Gasteiger partial charge in [-0.3, -0.25) is 4.79 Å². The number of rotatable bonds is 8. The van der Waals surface area contributed by atoms with Gasteiger partial charge in [0.15, 0.2) is 0 Å². The van der Waals surface area contributed by atoms with Crippen LogP contribution >= 0.6 is 0 Å². The van der Waals surface area contributed by atoms with Gasteiger partial charge in [-0.25, -0.2) is 4.68 Å². The van der Waals surface area contributed by atoms with Crippen molar-refractivity contribution in [1.29, 1.82) is 0 Å². The SMILES string of the molecule is CN(C)C/C=C/C(=O)N1CC[C@]2(C1)C[C@@H](n1nc(-c3ccc(Oc4ccccc4)cc3)c(CN)c1N)C2. The normalized spacial score (nSPS) is 21.2. The molecule has 2 heterocycles. The summed E-state index contributed by atoms with van der Waals surface area (Å²) in [4.78, 5) is 16.6. The number of aromatic nitrogens is 2. The van der Waals surface area contributed by atoms with E-state index >= 15 is 0 Å². The van der Waals surface area contributed by atoms with Crippen molar-refractivity contribution in [2.24, 2.45) is 11.1 Å². The molecule has 1 saturated carbocycles. The zero-order valence-corrected chi connectivity index (χ0v) is 21.6. The molecule has 0 atom stereocenters. The smallest absolute Gasteiger partial charge is 0.246 e. The van der Waals surface area contributed by atoms with Crippen LogP contribution in [0.4, 0.5) is 5.82 Å². The van der Waals surface area contributed by atoms with Crippen LogP contribution in [0.2, 0.25) is 0 Å². The van der Waals surface area contributed by atoms with E-state index in [0.29, 0.717) is 12.4 Å². The van der Waals surface area contributed by atoms with E-state index < -0.39 is 0 Å². The van der Waals surface area contributed by atoms with E-state index in [4.69, 9.17) is 21.3 Å². The van der Waals surface area contributed by atoms with Gasteiger partial charge in [-0.2, -0.15) is 5.10 Å². The summed E-state index contributed by atoms with van der Waals surface area (Å²) in [5.74, 6) is 2.30. The third-order valence-corrected chi connectivity index (χ3v) is 7.52. The molecule has 1 aliphatic carbocycles. The molecule has 1 aromatic heterocycles. The standard InChI is InChI=1S/C29H36N6O2/c1-33(2)15-6-9-26(36)34-16-14-29(20-34)17-22(18-29)35-28(31)25(19-30)27(32-35)21-10-12-24(13-11-21)37-23-7-4-3-5-8-23/h3-13,22H,14-20,30-31H2,1-2H3/b9-6+/t22-,29+. The molecule has 194 valence electrons. The Kier molecular flexibility index (Phi) is 7.04. The number of ether oxygens (including phenoxy) is 1. The first-order chi connectivity index (χ1) is 17.9. The highest BCUT2D eigenvalue weighted by atomic mass is 16.5. The number of hydrogen-bond donors (Lipinski definition) is 2. The Balaban J connectivity index is 1.25. The lowest BCUT2D eigenvalue weighted by atomic mass is 9.65. The summed E-state index contributed by atoms with van der Waals surface area (Å²) in [6.07, 6.45) is 6.60. The molecule has 1 amide bonds. The fraction of sp³-hybridized carbons (Fsp3) is 0.379. The number of hydrogen-bond acceptors (Lipinski definition) is 6. The molecule has 0 bridgehead atoms. The van der Waals surface area contributed by atoms with E-state index in [2.05, 4.69) is 0 Å². The zero-order valence-electron chi connectivity index (χ0n) is 21.6. The second-order valence-electron chi connectivity index (χ2n) is 10.5. The largest absolute Gasteiger partial charge is 0.457 e. The number of amides is 1. The Morgan fingerprint density at radius 3 is 2.51 bits per heavy atom. The Hall–Kier alpha value is -3.62. The molecule has 8 heteroatoms. The summed E-state index contributed by atoms with van der Waals surface area (Å²) in [5, 5.41) is 4.93. The number of nitrogens with two attached hydrogens (primary N) is 2. The van der Waals surface area contributed by atoms with Crippen LogP contribution < -0.4 is 16.2 Å². The predicted molar refractivity (Wildman–Crippen MR) is 146 cm³/mol. The van der Waals surface area contributed by atoms with E-state index in [0.717, 1.165) is 67.2 Å². The van der Waals surface area contributed by atoms with E-state index in [9.17, 15) is 4.79 Å². The van der Waals surface area contributed by atoms with Gasteiger partial charge in [0, 0.05) is 43.4 Å². The first-order valence-electron chi connectivity index (χ1n) is 12.9. The van der Waals surface area contributed by atoms with Gasteiger partial charge in [0.25, 0.3) is 0 Å². The maximum atomic E-state index is 12.6. The lowest BCUT2D eigenvalue weighted by molar-refractivity contribution is -0.125. The number of likely N-dealkylation sites (N-methyl/N-ethyl adjacent to an activating group) is 1. The number of likely N-dealkylation sites (tertiary alicyclic amines) is 1. The van der Waals surface area contributed by atoms with Crippen LogP contribution in [0.15, 0.2) is 66.7 Å². The van der Waals surface area contributed by atoms with Gasteiger partial charge in [-0.05, 0) is 75.2 Å². The summed E-state index contributed by atoms with van der Waals surface area (Å²) in [6.45, 7) is 2.70. The van der Waals surface area contributed by atoms with Crippen LogP contribution in [0.25, 0.3) is 11.3 Å². The van der Waals surface area contributed by atoms with Gasteiger partial charge < -0.3 is 26.0 Å². The van der Waals surface area contributed by atoms with E-state index in [1.807, 2.05) is 89.3 Å². The number of benzene rings is 2. The van der Waals surface area contributed by atoms with Crippen LogP contribution in [0, 0.1) is 5.41 Å². The number of nitrogens with zero attached hydrogens (tertiary/aromatic N) is 4. The molecular weight excluding hydrogens is 464 g/mol. The van der Waals surface area contributed by atoms with Crippen LogP contribution in [-0.4, -0.2) is 59.2 Å². The number of anilines is 1. The lowest BCUT2D eigenvalue weighted by Gasteiger charge is -2.45. The number of carbonyl (C=O) groups is 1. The summed E-state index contributed by atoms with van der Waals surface area (Å²) in [7, 11) is 3.98. The lowest BCUT2D eigenvalue weighted by Crippen LogP contribution is -2.42. The molecular formula is C29H36N6O2. The topological polar surface area (TPSA) is 103 Å². The summed E-state index contributed by atoms with van der Waals surface area (Å²) in [6, 6.07) is 17.8. The average Bonchev–Trinajstić information content (AvgIpc) is 3.46. The summed E-state index contributed by atoms with van der Waals surface area (Å²) < 4.78 is 7.88. The monoisotopic (exact) mass is 500 g/mol. The average molecular weight is 501 g/mol. The third-order valence-electron chi connectivity index (χ3n) is 7.52. The van der Waals surface area contributed by atoms with Crippen molar-refractivity contribution in [2.75, 3.05) is 39.5 Å². The molecule has 5 rings (SSSR count). The highest BCUT2D eigenvalue weighted by molar-refractivity contribution is 5.87. The van der Waals surface area contributed by atoms with Crippen molar-refractivity contribution in [3.63, 3.8) is 0 Å². The Labute approximate surface area is 218 Å². The van der Waals surface area contributed by atoms with Crippen LogP contribution in [0.3, 0.4) is 0 Å². The van der Waals surface area contributed by atoms with Gasteiger partial charge in [-0.15, -0.1) is 0 Å². The molecule has 4 N–H and O–H groups in total. The van der Waals surface area contributed by atoms with Crippen LogP contribution in [0.1, 0.15) is 30.9 Å². The molecule has 1 aliphatic heterocycles. The van der Waals surface area contributed by atoms with Gasteiger partial charge in [0.2, 0.25) is 5.91 Å². The maximum Gasteiger partial charge on any atom is 0.246 e. The second kappa shape index (κ2) is 10.4. The van der Waals surface area contributed by atoms with Gasteiger partial charge in [-0.1, -0.05) is 24.3 Å². The van der Waals surface area contributed by atoms with Crippen molar-refractivity contribution in [1.82, 2.24) is 19.6 Å². The zero-order chi connectivity index (χ0) is 26.0. The molecule has 0 radical (unpaired) electrons. The molecule has 37 heavy (non-hydrogen) atoms. The van der Waals surface area contributed by atoms with Crippen LogP contribution in [0.5, 0.6) is 11.5 Å². The fourth-order valence-corrected chi connectivity index (χ4v) is 5.54. The molecule has 3 aromatic rings. The predicted octanol–water partition coefficient (Wildman–Crippen LogP) is 4.05. The fourth-order valence-electron chi connectivity index (χ4n) is 5.54. The third kappa shape index (κ3) is 5.26. The van der Waals surface area contributed by atoms with Crippen molar-refractivity contribution in [3.8, 4) is 22.8 Å². The molecule has 1 spiro atoms. The maximum absolute atomic E-state index is 12.6. The Bertz CT molecular complexity index is 1260. The van der Waals surface area contributed by atoms with Crippen molar-refractivity contribution >= 4 is 11.7 Å². The second-order valence-corrected chi connectivity index (χ2v) is 10.5. The number of para-hydroxylation sites is 1. The van der Waals surface area contributed by atoms with Gasteiger partial charge in [0.1, 0.15) is 17.3 Å². The highest BCUT2D eigenvalue weighted by Crippen LogP contribution is 2.54.